The third-order valence-electron chi connectivity index (χ3n) is 11.5. The van der Waals surface area contributed by atoms with Gasteiger partial charge in [-0.15, -0.1) is 0 Å². The maximum absolute atomic E-state index is 13.9. The molecule has 0 bridgehead atoms. The van der Waals surface area contributed by atoms with E-state index >= 15 is 0 Å². The normalized spacial score (nSPS) is 12.4. The highest BCUT2D eigenvalue weighted by Gasteiger charge is 2.27. The summed E-state index contributed by atoms with van der Waals surface area (Å²) in [5, 5.41) is 28.2. The van der Waals surface area contributed by atoms with Crippen molar-refractivity contribution >= 4 is 52.1 Å². The number of fused-ring (bicyclic) bond motifs is 1. The van der Waals surface area contributed by atoms with Crippen LogP contribution in [0.25, 0.3) is 21.9 Å². The smallest absolute Gasteiger partial charge is 0.305 e. The molecule has 0 aliphatic rings. The summed E-state index contributed by atoms with van der Waals surface area (Å²) in [5.74, 6) is -2.45. The largest absolute Gasteiger partial charge is 0.481 e. The van der Waals surface area contributed by atoms with Crippen LogP contribution in [0, 0.1) is 12.8 Å². The van der Waals surface area contributed by atoms with Crippen molar-refractivity contribution in [3.63, 3.8) is 0 Å². The molecule has 0 aliphatic heterocycles. The Labute approximate surface area is 434 Å². The number of carboxylic acids is 1. The summed E-state index contributed by atoms with van der Waals surface area (Å²) in [4.78, 5) is 82.4. The van der Waals surface area contributed by atoms with Crippen LogP contribution < -0.4 is 31.9 Å². The van der Waals surface area contributed by atoms with E-state index in [1.54, 1.807) is 31.3 Å². The number of rotatable bonds is 37. The van der Waals surface area contributed by atoms with Gasteiger partial charge in [-0.1, -0.05) is 82.3 Å². The summed E-state index contributed by atoms with van der Waals surface area (Å²) < 4.78 is 27.4. The zero-order chi connectivity index (χ0) is 53.5. The van der Waals surface area contributed by atoms with Gasteiger partial charge in [0.05, 0.1) is 78.5 Å². The van der Waals surface area contributed by atoms with Gasteiger partial charge in [0.25, 0.3) is 5.91 Å². The molecule has 1 aromatic heterocycles. The standard InChI is InChI=1S/C55H77N7O12/c1-6-24-70-26-28-72-30-32-74-33-31-73-29-27-71-25-23-58-54(68)48(34-38(3)4)62-55(69)46(7-2)61-53(67)45-19-18-42(43-11-8-9-12-44(43)45)40-14-16-41(17-15-40)47(36-52(65)66)60-51(64)37-59-50(63)13-10-21-56-49-35-39(5)20-22-57-49/h8-9,11-12,14-20,22,35,38,46-48H,6-7,10,13,21,23-34,36-37H2,1-5H3,(H,56,57)(H,58,68)(H,59,63)(H,60,64)(H,61,67)(H,62,69)(H,65,66)/t46-,47-,48-/m0/s1. The number of anilines is 1. The highest BCUT2D eigenvalue weighted by molar-refractivity contribution is 6.11. The molecule has 3 atom stereocenters. The van der Waals surface area contributed by atoms with Gasteiger partial charge in [0, 0.05) is 37.9 Å². The van der Waals surface area contributed by atoms with Gasteiger partial charge < -0.3 is 60.7 Å². The molecular weight excluding hydrogens is 951 g/mol. The molecule has 0 unspecified atom stereocenters. The SMILES string of the molecule is CCCOCCOCCOCCOCCOCCNC(=O)[C@H](CC(C)C)NC(=O)[C@H](CC)NC(=O)c1ccc(-c2ccc([C@H](CC(=O)O)NC(=O)CNC(=O)CCCNc3cc(C)ccn3)cc2)c2ccccc12. The van der Waals surface area contributed by atoms with Crippen molar-refractivity contribution < 1.29 is 57.6 Å². The number of hydrogen-bond donors (Lipinski definition) is 7. The summed E-state index contributed by atoms with van der Waals surface area (Å²) in [5.41, 5.74) is 3.53. The molecule has 4 aromatic rings. The predicted octanol–water partition coefficient (Wildman–Crippen LogP) is 5.50. The highest BCUT2D eigenvalue weighted by Crippen LogP contribution is 2.32. The molecule has 4 rings (SSSR count). The lowest BCUT2D eigenvalue weighted by molar-refractivity contribution is -0.138. The topological polar surface area (TPSA) is 254 Å². The molecule has 5 amide bonds. The van der Waals surface area contributed by atoms with Gasteiger partial charge in [-0.05, 0) is 89.8 Å². The van der Waals surface area contributed by atoms with Crippen LogP contribution in [0.2, 0.25) is 0 Å². The first kappa shape index (κ1) is 60.0. The van der Waals surface area contributed by atoms with Gasteiger partial charge in [0.15, 0.2) is 0 Å². The summed E-state index contributed by atoms with van der Waals surface area (Å²) >= 11 is 0. The number of nitrogens with one attached hydrogen (secondary N) is 6. The number of nitrogens with zero attached hydrogens (tertiary/aromatic N) is 1. The zero-order valence-electron chi connectivity index (χ0n) is 43.6. The lowest BCUT2D eigenvalue weighted by Gasteiger charge is -2.24. The first-order valence-electron chi connectivity index (χ1n) is 25.6. The molecule has 0 spiro atoms. The molecular formula is C55H77N7O12. The molecule has 19 heteroatoms. The molecule has 74 heavy (non-hydrogen) atoms. The van der Waals surface area contributed by atoms with Crippen LogP contribution in [0.4, 0.5) is 5.82 Å². The lowest BCUT2D eigenvalue weighted by atomic mass is 9.93. The highest BCUT2D eigenvalue weighted by atomic mass is 16.6. The van der Waals surface area contributed by atoms with Crippen LogP contribution in [0.3, 0.4) is 0 Å². The van der Waals surface area contributed by atoms with E-state index < -0.39 is 41.8 Å². The molecule has 0 saturated carbocycles. The quantitative estimate of drug-likeness (QED) is 0.0276. The third-order valence-corrected chi connectivity index (χ3v) is 11.5. The minimum atomic E-state index is -1.11. The van der Waals surface area contributed by atoms with Crippen LogP contribution in [0.1, 0.15) is 93.7 Å². The Morgan fingerprint density at radius 3 is 1.89 bits per heavy atom. The van der Waals surface area contributed by atoms with E-state index in [9.17, 15) is 33.9 Å². The zero-order valence-corrected chi connectivity index (χ0v) is 43.6. The van der Waals surface area contributed by atoms with E-state index in [4.69, 9.17) is 23.7 Å². The Bertz CT molecular complexity index is 2370. The van der Waals surface area contributed by atoms with E-state index in [1.165, 1.54) is 0 Å². The number of aryl methyl sites for hydroxylation is 1. The second-order valence-electron chi connectivity index (χ2n) is 18.0. The van der Waals surface area contributed by atoms with Crippen molar-refractivity contribution in [3.05, 3.63) is 95.7 Å². The Morgan fingerprint density at radius 1 is 0.649 bits per heavy atom. The van der Waals surface area contributed by atoms with Gasteiger partial charge >= 0.3 is 5.97 Å². The van der Waals surface area contributed by atoms with Gasteiger partial charge in [-0.25, -0.2) is 4.98 Å². The van der Waals surface area contributed by atoms with Crippen LogP contribution in [0.15, 0.2) is 79.0 Å². The van der Waals surface area contributed by atoms with Gasteiger partial charge in [-0.2, -0.15) is 0 Å². The van der Waals surface area contributed by atoms with Gasteiger partial charge in [-0.3, -0.25) is 28.8 Å². The summed E-state index contributed by atoms with van der Waals surface area (Å²) in [6, 6.07) is 19.1. The first-order valence-corrected chi connectivity index (χ1v) is 25.6. The predicted molar refractivity (Wildman–Crippen MR) is 283 cm³/mol. The van der Waals surface area contributed by atoms with Gasteiger partial charge in [0.2, 0.25) is 23.6 Å². The summed E-state index contributed by atoms with van der Waals surface area (Å²) in [6.45, 7) is 14.8. The third kappa shape index (κ3) is 22.3. The second-order valence-corrected chi connectivity index (χ2v) is 18.0. The number of carbonyl (C=O) groups is 6. The monoisotopic (exact) mass is 1030 g/mol. The number of hydrogen-bond acceptors (Lipinski definition) is 13. The van der Waals surface area contributed by atoms with Crippen molar-refractivity contribution in [1.29, 1.82) is 0 Å². The number of carbonyl (C=O) groups excluding carboxylic acids is 5. The van der Waals surface area contributed by atoms with Crippen LogP contribution >= 0.6 is 0 Å². The van der Waals surface area contributed by atoms with Crippen molar-refractivity contribution in [2.24, 2.45) is 5.92 Å². The fraction of sp³-hybridized carbons (Fsp3) is 0.509. The summed E-state index contributed by atoms with van der Waals surface area (Å²) in [7, 11) is 0. The van der Waals surface area contributed by atoms with E-state index in [0.29, 0.717) is 94.6 Å². The van der Waals surface area contributed by atoms with Gasteiger partial charge in [0.1, 0.15) is 17.9 Å². The van der Waals surface area contributed by atoms with Crippen molar-refractivity contribution in [2.45, 2.75) is 91.3 Å². The Balaban J connectivity index is 1.26. The molecule has 0 saturated heterocycles. The number of pyridine rings is 1. The van der Waals surface area contributed by atoms with E-state index in [-0.39, 0.29) is 56.7 Å². The molecule has 1 heterocycles. The number of amides is 5. The number of aromatic nitrogens is 1. The van der Waals surface area contributed by atoms with E-state index in [2.05, 4.69) is 43.8 Å². The number of carboxylic acid groups (broad SMARTS) is 1. The molecule has 0 radical (unpaired) electrons. The average molecular weight is 1030 g/mol. The molecule has 7 N–H and O–H groups in total. The Morgan fingerprint density at radius 2 is 1.28 bits per heavy atom. The van der Waals surface area contributed by atoms with Crippen molar-refractivity contribution in [2.75, 3.05) is 91.0 Å². The Kier molecular flexibility index (Phi) is 27.6. The maximum atomic E-state index is 13.9. The molecule has 19 nitrogen and oxygen atoms in total. The maximum Gasteiger partial charge on any atom is 0.305 e. The molecule has 404 valence electrons. The second kappa shape index (κ2) is 34.1. The molecule has 0 aliphatic carbocycles. The first-order chi connectivity index (χ1) is 35.8. The van der Waals surface area contributed by atoms with Crippen LogP contribution in [0.5, 0.6) is 0 Å². The molecule has 3 aromatic carbocycles. The Hall–Kier alpha value is -6.51. The van der Waals surface area contributed by atoms with Crippen molar-refractivity contribution in [1.82, 2.24) is 31.6 Å². The fourth-order valence-electron chi connectivity index (χ4n) is 7.74. The van der Waals surface area contributed by atoms with Crippen molar-refractivity contribution in [3.8, 4) is 11.1 Å². The van der Waals surface area contributed by atoms with E-state index in [1.807, 2.05) is 75.4 Å². The number of ether oxygens (including phenoxy) is 5. The number of aliphatic carboxylic acids is 1. The van der Waals surface area contributed by atoms with Crippen LogP contribution in [-0.2, 0) is 47.7 Å². The average Bonchev–Trinajstić information content (AvgIpc) is 3.38. The fourth-order valence-corrected chi connectivity index (χ4v) is 7.74. The number of benzene rings is 3. The lowest BCUT2D eigenvalue weighted by Crippen LogP contribution is -2.54. The van der Waals surface area contributed by atoms with Crippen LogP contribution in [-0.4, -0.2) is 143 Å². The minimum absolute atomic E-state index is 0.0852. The summed E-state index contributed by atoms with van der Waals surface area (Å²) in [6.07, 6.45) is 3.66. The van der Waals surface area contributed by atoms with E-state index in [0.717, 1.165) is 35.1 Å². The molecule has 0 fully saturated rings. The minimum Gasteiger partial charge on any atom is -0.481 e.